The Kier molecular flexibility index (Phi) is 3.27. The van der Waals surface area contributed by atoms with E-state index in [1.54, 1.807) is 19.3 Å². The summed E-state index contributed by atoms with van der Waals surface area (Å²) in [5, 5.41) is 3.07. The second-order valence-electron chi connectivity index (χ2n) is 3.50. The van der Waals surface area contributed by atoms with Gasteiger partial charge in [-0.3, -0.25) is 4.98 Å². The van der Waals surface area contributed by atoms with Crippen LogP contribution < -0.4 is 5.32 Å². The number of halogens is 1. The Morgan fingerprint density at radius 1 is 1.12 bits per heavy atom. The summed E-state index contributed by atoms with van der Waals surface area (Å²) in [5.74, 6) is -0.286. The van der Waals surface area contributed by atoms with Crippen molar-refractivity contribution in [2.45, 2.75) is 6.04 Å². The average Bonchev–Trinajstić information content (AvgIpc) is 2.34. The quantitative estimate of drug-likeness (QED) is 0.852. The zero-order chi connectivity index (χ0) is 11.4. The predicted molar refractivity (Wildman–Crippen MR) is 61.5 cm³/mol. The van der Waals surface area contributed by atoms with Crippen molar-refractivity contribution in [1.29, 1.82) is 0 Å². The largest absolute Gasteiger partial charge is 0.308 e. The Hall–Kier alpha value is -1.74. The number of pyridine rings is 1. The van der Waals surface area contributed by atoms with Gasteiger partial charge in [-0.1, -0.05) is 30.3 Å². The van der Waals surface area contributed by atoms with Crippen LogP contribution in [0, 0.1) is 5.82 Å². The maximum Gasteiger partial charge on any atom is 0.146 e. The molecular weight excluding hydrogens is 203 g/mol. The van der Waals surface area contributed by atoms with E-state index in [2.05, 4.69) is 10.3 Å². The molecule has 3 heteroatoms. The van der Waals surface area contributed by atoms with Crippen LogP contribution >= 0.6 is 0 Å². The van der Waals surface area contributed by atoms with E-state index in [0.29, 0.717) is 5.69 Å². The maximum absolute atomic E-state index is 13.6. The number of hydrogen-bond donors (Lipinski definition) is 1. The molecule has 82 valence electrons. The minimum Gasteiger partial charge on any atom is -0.308 e. The third-order valence-corrected chi connectivity index (χ3v) is 2.48. The number of nitrogens with zero attached hydrogens (tertiary/aromatic N) is 1. The summed E-state index contributed by atoms with van der Waals surface area (Å²) in [7, 11) is 1.80. The summed E-state index contributed by atoms with van der Waals surface area (Å²) in [6, 6.07) is 12.5. The Bertz CT molecular complexity index is 456. The van der Waals surface area contributed by atoms with E-state index in [1.165, 1.54) is 6.07 Å². The van der Waals surface area contributed by atoms with Crippen molar-refractivity contribution >= 4 is 0 Å². The molecule has 1 unspecified atom stereocenters. The fourth-order valence-electron chi connectivity index (χ4n) is 1.72. The number of hydrogen-bond acceptors (Lipinski definition) is 2. The van der Waals surface area contributed by atoms with Gasteiger partial charge in [0.05, 0.1) is 11.7 Å². The van der Waals surface area contributed by atoms with Gasteiger partial charge in [0.25, 0.3) is 0 Å². The van der Waals surface area contributed by atoms with Gasteiger partial charge in [0.15, 0.2) is 0 Å². The molecule has 2 aromatic rings. The monoisotopic (exact) mass is 216 g/mol. The molecule has 0 radical (unpaired) electrons. The van der Waals surface area contributed by atoms with Gasteiger partial charge in [-0.05, 0) is 24.7 Å². The Balaban J connectivity index is 2.41. The maximum atomic E-state index is 13.6. The SMILES string of the molecule is CNC(c1ccccc1)c1ncccc1F. The summed E-state index contributed by atoms with van der Waals surface area (Å²) >= 11 is 0. The third-order valence-electron chi connectivity index (χ3n) is 2.48. The van der Waals surface area contributed by atoms with E-state index in [0.717, 1.165) is 5.56 Å². The summed E-state index contributed by atoms with van der Waals surface area (Å²) in [6.07, 6.45) is 1.60. The molecule has 1 aromatic heterocycles. The van der Waals surface area contributed by atoms with Crippen molar-refractivity contribution in [3.8, 4) is 0 Å². The zero-order valence-corrected chi connectivity index (χ0v) is 9.02. The van der Waals surface area contributed by atoms with Crippen molar-refractivity contribution < 1.29 is 4.39 Å². The van der Waals surface area contributed by atoms with E-state index in [9.17, 15) is 4.39 Å². The van der Waals surface area contributed by atoms with E-state index >= 15 is 0 Å². The first-order valence-electron chi connectivity index (χ1n) is 5.15. The van der Waals surface area contributed by atoms with Crippen LogP contribution in [0.15, 0.2) is 48.7 Å². The number of nitrogens with one attached hydrogen (secondary N) is 1. The summed E-state index contributed by atoms with van der Waals surface area (Å²) in [5.41, 5.74) is 1.43. The fourth-order valence-corrected chi connectivity index (χ4v) is 1.72. The number of rotatable bonds is 3. The summed E-state index contributed by atoms with van der Waals surface area (Å²) in [6.45, 7) is 0. The molecule has 1 atom stereocenters. The van der Waals surface area contributed by atoms with Crippen molar-refractivity contribution in [2.75, 3.05) is 7.05 Å². The molecule has 0 aliphatic heterocycles. The molecule has 1 aromatic carbocycles. The van der Waals surface area contributed by atoms with Crippen molar-refractivity contribution in [3.05, 3.63) is 65.7 Å². The topological polar surface area (TPSA) is 24.9 Å². The fraction of sp³-hybridized carbons (Fsp3) is 0.154. The molecule has 2 nitrogen and oxygen atoms in total. The van der Waals surface area contributed by atoms with E-state index in [4.69, 9.17) is 0 Å². The van der Waals surface area contributed by atoms with Gasteiger partial charge < -0.3 is 5.32 Å². The van der Waals surface area contributed by atoms with Crippen LogP contribution in [-0.2, 0) is 0 Å². The van der Waals surface area contributed by atoms with Crippen molar-refractivity contribution in [3.63, 3.8) is 0 Å². The van der Waals surface area contributed by atoms with Gasteiger partial charge in [-0.15, -0.1) is 0 Å². The first kappa shape index (κ1) is 10.8. The molecule has 1 N–H and O–H groups in total. The highest BCUT2D eigenvalue weighted by atomic mass is 19.1. The Morgan fingerprint density at radius 2 is 1.88 bits per heavy atom. The minimum absolute atomic E-state index is 0.206. The predicted octanol–water partition coefficient (Wildman–Crippen LogP) is 2.53. The van der Waals surface area contributed by atoms with Gasteiger partial charge in [-0.2, -0.15) is 0 Å². The Labute approximate surface area is 94.2 Å². The highest BCUT2D eigenvalue weighted by Gasteiger charge is 2.16. The van der Waals surface area contributed by atoms with Crippen LogP contribution in [0.1, 0.15) is 17.3 Å². The molecule has 0 fully saturated rings. The third kappa shape index (κ3) is 2.09. The van der Waals surface area contributed by atoms with Crippen LogP contribution in [0.25, 0.3) is 0 Å². The Morgan fingerprint density at radius 3 is 2.50 bits per heavy atom. The molecule has 0 aliphatic rings. The van der Waals surface area contributed by atoms with Crippen LogP contribution in [-0.4, -0.2) is 12.0 Å². The average molecular weight is 216 g/mol. The van der Waals surface area contributed by atoms with Crippen LogP contribution in [0.2, 0.25) is 0 Å². The van der Waals surface area contributed by atoms with Gasteiger partial charge in [0, 0.05) is 6.20 Å². The van der Waals surface area contributed by atoms with E-state index in [1.807, 2.05) is 30.3 Å². The lowest BCUT2D eigenvalue weighted by Gasteiger charge is -2.16. The van der Waals surface area contributed by atoms with Crippen LogP contribution in [0.3, 0.4) is 0 Å². The second-order valence-corrected chi connectivity index (χ2v) is 3.50. The van der Waals surface area contributed by atoms with Crippen LogP contribution in [0.5, 0.6) is 0 Å². The smallest absolute Gasteiger partial charge is 0.146 e. The first-order chi connectivity index (χ1) is 7.83. The molecule has 0 saturated heterocycles. The van der Waals surface area contributed by atoms with E-state index in [-0.39, 0.29) is 11.9 Å². The second kappa shape index (κ2) is 4.86. The molecule has 16 heavy (non-hydrogen) atoms. The summed E-state index contributed by atoms with van der Waals surface area (Å²) in [4.78, 5) is 4.09. The van der Waals surface area contributed by atoms with Gasteiger partial charge in [0.1, 0.15) is 5.82 Å². The van der Waals surface area contributed by atoms with Gasteiger partial charge in [0.2, 0.25) is 0 Å². The molecule has 0 amide bonds. The standard InChI is InChI=1S/C13H13FN2/c1-15-12(10-6-3-2-4-7-10)13-11(14)8-5-9-16-13/h2-9,12,15H,1H3. The molecule has 2 rings (SSSR count). The first-order valence-corrected chi connectivity index (χ1v) is 5.15. The highest BCUT2D eigenvalue weighted by Crippen LogP contribution is 2.21. The normalized spacial score (nSPS) is 12.4. The highest BCUT2D eigenvalue weighted by molar-refractivity contribution is 5.28. The molecule has 1 heterocycles. The molecule has 0 saturated carbocycles. The molecule has 0 bridgehead atoms. The van der Waals surface area contributed by atoms with Gasteiger partial charge in [-0.25, -0.2) is 4.39 Å². The molecule has 0 spiro atoms. The lowest BCUT2D eigenvalue weighted by molar-refractivity contribution is 0.560. The van der Waals surface area contributed by atoms with E-state index < -0.39 is 0 Å². The molecular formula is C13H13FN2. The van der Waals surface area contributed by atoms with Gasteiger partial charge >= 0.3 is 0 Å². The van der Waals surface area contributed by atoms with Crippen molar-refractivity contribution in [2.24, 2.45) is 0 Å². The van der Waals surface area contributed by atoms with Crippen molar-refractivity contribution in [1.82, 2.24) is 10.3 Å². The number of benzene rings is 1. The summed E-state index contributed by atoms with van der Waals surface area (Å²) < 4.78 is 13.6. The van der Waals surface area contributed by atoms with Crippen LogP contribution in [0.4, 0.5) is 4.39 Å². The lowest BCUT2D eigenvalue weighted by Crippen LogP contribution is -2.20. The zero-order valence-electron chi connectivity index (χ0n) is 9.02. The molecule has 0 aliphatic carbocycles. The lowest BCUT2D eigenvalue weighted by atomic mass is 10.0. The number of aromatic nitrogens is 1. The minimum atomic E-state index is -0.286.